The Morgan fingerprint density at radius 2 is 2.24 bits per heavy atom. The van der Waals surface area contributed by atoms with Crippen LogP contribution >= 0.6 is 27.3 Å². The minimum absolute atomic E-state index is 0.0722. The zero-order chi connectivity index (χ0) is 12.8. The summed E-state index contributed by atoms with van der Waals surface area (Å²) in [6.45, 7) is 4.59. The van der Waals surface area contributed by atoms with E-state index in [0.29, 0.717) is 6.61 Å². The number of carbonyl (C=O) groups is 1. The van der Waals surface area contributed by atoms with E-state index in [2.05, 4.69) is 21.2 Å². The molecule has 5 heteroatoms. The van der Waals surface area contributed by atoms with Crippen LogP contribution in [0.3, 0.4) is 0 Å². The predicted octanol–water partition coefficient (Wildman–Crippen LogP) is 3.16. The number of halogens is 1. The molecule has 1 aromatic heterocycles. The van der Waals surface area contributed by atoms with Crippen LogP contribution in [-0.4, -0.2) is 25.7 Å². The number of hydrogen-bond acceptors (Lipinski definition) is 3. The molecule has 1 amide bonds. The summed E-state index contributed by atoms with van der Waals surface area (Å²) in [5.41, 5.74) is 0. The van der Waals surface area contributed by atoms with Crippen LogP contribution in [0.15, 0.2) is 15.9 Å². The Hall–Kier alpha value is -0.390. The van der Waals surface area contributed by atoms with E-state index in [1.54, 1.807) is 18.4 Å². The molecule has 0 aliphatic heterocycles. The first-order chi connectivity index (χ1) is 8.04. The van der Waals surface area contributed by atoms with Gasteiger partial charge in [0.05, 0.1) is 9.70 Å². The molecule has 96 valence electrons. The zero-order valence-corrected chi connectivity index (χ0v) is 12.7. The molecule has 0 bridgehead atoms. The minimum Gasteiger partial charge on any atom is -0.385 e. The van der Waals surface area contributed by atoms with Crippen LogP contribution in [0.25, 0.3) is 0 Å². The van der Waals surface area contributed by atoms with Crippen LogP contribution in [0.1, 0.15) is 31.1 Å². The van der Waals surface area contributed by atoms with Gasteiger partial charge in [-0.1, -0.05) is 0 Å². The van der Waals surface area contributed by atoms with Crippen LogP contribution in [0.2, 0.25) is 0 Å². The molecule has 0 saturated carbocycles. The van der Waals surface area contributed by atoms with Gasteiger partial charge in [0.15, 0.2) is 0 Å². The van der Waals surface area contributed by atoms with Gasteiger partial charge in [-0.25, -0.2) is 0 Å². The molecular weight excluding hydrogens is 302 g/mol. The normalized spacial score (nSPS) is 14.4. The number of ether oxygens (including phenoxy) is 1. The van der Waals surface area contributed by atoms with Crippen molar-refractivity contribution in [1.82, 2.24) is 5.32 Å². The first kappa shape index (κ1) is 14.7. The highest BCUT2D eigenvalue weighted by molar-refractivity contribution is 9.11. The van der Waals surface area contributed by atoms with Gasteiger partial charge in [0, 0.05) is 24.6 Å². The van der Waals surface area contributed by atoms with Crippen LogP contribution in [0.5, 0.6) is 0 Å². The lowest BCUT2D eigenvalue weighted by atomic mass is 10.1. The van der Waals surface area contributed by atoms with Crippen molar-refractivity contribution < 1.29 is 9.53 Å². The molecule has 0 spiro atoms. The molecule has 1 N–H and O–H groups in total. The average molecular weight is 320 g/mol. The molecule has 1 rings (SSSR count). The number of methoxy groups -OCH3 is 1. The summed E-state index contributed by atoms with van der Waals surface area (Å²) in [5.74, 6) is -0.0285. The maximum atomic E-state index is 12.0. The molecular formula is C12H18BrNO2S. The SMILES string of the molecule is COCC[C@@H](C)NC(=O)[C@H](C)c1ccc(Br)s1. The second kappa shape index (κ2) is 7.13. The Morgan fingerprint density at radius 3 is 2.76 bits per heavy atom. The van der Waals surface area contributed by atoms with Crippen LogP contribution in [0, 0.1) is 0 Å². The highest BCUT2D eigenvalue weighted by Crippen LogP contribution is 2.28. The Balaban J connectivity index is 2.47. The molecule has 0 aliphatic carbocycles. The maximum Gasteiger partial charge on any atom is 0.228 e. The number of rotatable bonds is 6. The molecule has 0 fully saturated rings. The Labute approximate surface area is 115 Å². The van der Waals surface area contributed by atoms with Crippen molar-refractivity contribution in [3.63, 3.8) is 0 Å². The van der Waals surface area contributed by atoms with Gasteiger partial charge in [-0.15, -0.1) is 11.3 Å². The highest BCUT2D eigenvalue weighted by Gasteiger charge is 2.18. The lowest BCUT2D eigenvalue weighted by molar-refractivity contribution is -0.122. The van der Waals surface area contributed by atoms with Crippen LogP contribution in [-0.2, 0) is 9.53 Å². The van der Waals surface area contributed by atoms with E-state index < -0.39 is 0 Å². The van der Waals surface area contributed by atoms with Gasteiger partial charge in [0.25, 0.3) is 0 Å². The van der Waals surface area contributed by atoms with E-state index in [0.717, 1.165) is 15.1 Å². The van der Waals surface area contributed by atoms with E-state index in [9.17, 15) is 4.79 Å². The molecule has 0 aliphatic rings. The number of carbonyl (C=O) groups excluding carboxylic acids is 1. The lowest BCUT2D eigenvalue weighted by Crippen LogP contribution is -2.35. The van der Waals surface area contributed by atoms with Crippen LogP contribution < -0.4 is 5.32 Å². The quantitative estimate of drug-likeness (QED) is 0.874. The summed E-state index contributed by atoms with van der Waals surface area (Å²) < 4.78 is 6.04. The number of nitrogens with one attached hydrogen (secondary N) is 1. The summed E-state index contributed by atoms with van der Waals surface area (Å²) in [6.07, 6.45) is 0.836. The van der Waals surface area contributed by atoms with Gasteiger partial charge >= 0.3 is 0 Å². The van der Waals surface area contributed by atoms with Crippen molar-refractivity contribution >= 4 is 33.2 Å². The van der Waals surface area contributed by atoms with Gasteiger partial charge in [0.1, 0.15) is 0 Å². The molecule has 0 unspecified atom stereocenters. The van der Waals surface area contributed by atoms with Gasteiger partial charge in [-0.05, 0) is 48.3 Å². The third-order valence-corrected chi connectivity index (χ3v) is 4.36. The van der Waals surface area contributed by atoms with Crippen molar-refractivity contribution in [2.24, 2.45) is 0 Å². The molecule has 0 aromatic carbocycles. The monoisotopic (exact) mass is 319 g/mol. The van der Waals surface area contributed by atoms with E-state index in [4.69, 9.17) is 4.74 Å². The number of hydrogen-bond donors (Lipinski definition) is 1. The molecule has 1 aromatic rings. The largest absolute Gasteiger partial charge is 0.385 e. The summed E-state index contributed by atoms with van der Waals surface area (Å²) >= 11 is 5.01. The fourth-order valence-corrected chi connectivity index (χ4v) is 2.90. The lowest BCUT2D eigenvalue weighted by Gasteiger charge is -2.16. The van der Waals surface area contributed by atoms with Crippen molar-refractivity contribution in [1.29, 1.82) is 0 Å². The van der Waals surface area contributed by atoms with E-state index in [1.165, 1.54) is 0 Å². The summed E-state index contributed by atoms with van der Waals surface area (Å²) in [6, 6.07) is 4.10. The maximum absolute atomic E-state index is 12.0. The summed E-state index contributed by atoms with van der Waals surface area (Å²) in [7, 11) is 1.67. The number of amides is 1. The molecule has 1 heterocycles. The van der Waals surface area contributed by atoms with Crippen molar-refractivity contribution in [3.05, 3.63) is 20.8 Å². The second-order valence-electron chi connectivity index (χ2n) is 4.05. The second-order valence-corrected chi connectivity index (χ2v) is 6.55. The van der Waals surface area contributed by atoms with Crippen LogP contribution in [0.4, 0.5) is 0 Å². The molecule has 0 saturated heterocycles. The van der Waals surface area contributed by atoms with Gasteiger partial charge in [-0.2, -0.15) is 0 Å². The standard InChI is InChI=1S/C12H18BrNO2S/c1-8(6-7-16-3)14-12(15)9(2)10-4-5-11(13)17-10/h4-5,8-9H,6-7H2,1-3H3,(H,14,15)/t8-,9-/m1/s1. The van der Waals surface area contributed by atoms with Gasteiger partial charge in [-0.3, -0.25) is 4.79 Å². The Bertz CT molecular complexity index is 367. The first-order valence-electron chi connectivity index (χ1n) is 5.59. The molecule has 0 radical (unpaired) electrons. The topological polar surface area (TPSA) is 38.3 Å². The van der Waals surface area contributed by atoms with E-state index in [1.807, 2.05) is 26.0 Å². The fourth-order valence-electron chi connectivity index (χ4n) is 1.42. The third kappa shape index (κ3) is 4.77. The van der Waals surface area contributed by atoms with E-state index in [-0.39, 0.29) is 17.9 Å². The van der Waals surface area contributed by atoms with Crippen molar-refractivity contribution in [2.75, 3.05) is 13.7 Å². The average Bonchev–Trinajstić information content (AvgIpc) is 2.72. The van der Waals surface area contributed by atoms with Crippen molar-refractivity contribution in [3.8, 4) is 0 Å². The number of thiophene rings is 1. The molecule has 2 atom stereocenters. The fraction of sp³-hybridized carbons (Fsp3) is 0.583. The van der Waals surface area contributed by atoms with Gasteiger partial charge < -0.3 is 10.1 Å². The van der Waals surface area contributed by atoms with Crippen molar-refractivity contribution in [2.45, 2.75) is 32.2 Å². The Kier molecular flexibility index (Phi) is 6.16. The smallest absolute Gasteiger partial charge is 0.228 e. The zero-order valence-electron chi connectivity index (χ0n) is 10.3. The predicted molar refractivity (Wildman–Crippen MR) is 74.5 cm³/mol. The summed E-state index contributed by atoms with van der Waals surface area (Å²) in [5, 5.41) is 2.99. The third-order valence-electron chi connectivity index (χ3n) is 2.56. The Morgan fingerprint density at radius 1 is 1.53 bits per heavy atom. The minimum atomic E-state index is -0.101. The summed E-state index contributed by atoms with van der Waals surface area (Å²) in [4.78, 5) is 13.0. The molecule has 17 heavy (non-hydrogen) atoms. The molecule has 3 nitrogen and oxygen atoms in total. The van der Waals surface area contributed by atoms with Gasteiger partial charge in [0.2, 0.25) is 5.91 Å². The first-order valence-corrected chi connectivity index (χ1v) is 7.20. The van der Waals surface area contributed by atoms with E-state index >= 15 is 0 Å². The highest BCUT2D eigenvalue weighted by atomic mass is 79.9.